The molecule has 3 aromatic rings. The first-order valence-corrected chi connectivity index (χ1v) is 6.18. The summed E-state index contributed by atoms with van der Waals surface area (Å²) >= 11 is 0. The molecule has 120 valence electrons. The van der Waals surface area contributed by atoms with Crippen molar-refractivity contribution in [3.05, 3.63) is 66.6 Å². The summed E-state index contributed by atoms with van der Waals surface area (Å²) in [5.41, 5.74) is 1.23. The van der Waals surface area contributed by atoms with Crippen LogP contribution in [0.25, 0.3) is 11.4 Å². The first kappa shape index (κ1) is 18.7. The smallest absolute Gasteiger partial charge is 0.161 e. The van der Waals surface area contributed by atoms with Crippen molar-refractivity contribution in [2.24, 2.45) is 0 Å². The molecule has 0 spiro atoms. The van der Waals surface area contributed by atoms with Gasteiger partial charge < -0.3 is 5.32 Å². The van der Waals surface area contributed by atoms with Gasteiger partial charge in [-0.15, -0.1) is 24.8 Å². The van der Waals surface area contributed by atoms with Gasteiger partial charge in [0.15, 0.2) is 17.5 Å². The van der Waals surface area contributed by atoms with E-state index < -0.39 is 11.6 Å². The quantitative estimate of drug-likeness (QED) is 0.755. The molecule has 0 fully saturated rings. The third-order valence-electron chi connectivity index (χ3n) is 2.79. The number of rotatable bonds is 3. The van der Waals surface area contributed by atoms with Crippen molar-refractivity contribution >= 4 is 36.3 Å². The SMILES string of the molecule is Cl.Cl.Fc1ccc(Nc2ccnc(-c3ccncc3)n2)cc1F. The van der Waals surface area contributed by atoms with Gasteiger partial charge in [0.2, 0.25) is 0 Å². The van der Waals surface area contributed by atoms with Gasteiger partial charge >= 0.3 is 0 Å². The summed E-state index contributed by atoms with van der Waals surface area (Å²) in [5, 5.41) is 2.91. The fraction of sp³-hybridized carbons (Fsp3) is 0. The number of benzene rings is 1. The fourth-order valence-electron chi connectivity index (χ4n) is 1.79. The molecule has 1 N–H and O–H groups in total. The Labute approximate surface area is 143 Å². The third kappa shape index (κ3) is 4.58. The number of anilines is 2. The molecule has 4 nitrogen and oxygen atoms in total. The predicted octanol–water partition coefficient (Wildman–Crippen LogP) is 4.40. The standard InChI is InChI=1S/C15H10F2N4.2ClH/c16-12-2-1-11(9-13(12)17)20-14-5-8-19-15(21-14)10-3-6-18-7-4-10;;/h1-9H,(H,19,20,21);2*1H. The first-order valence-electron chi connectivity index (χ1n) is 6.18. The average Bonchev–Trinajstić information content (AvgIpc) is 2.52. The molecule has 2 heterocycles. The van der Waals surface area contributed by atoms with Crippen LogP contribution < -0.4 is 5.32 Å². The van der Waals surface area contributed by atoms with Gasteiger partial charge in [-0.2, -0.15) is 0 Å². The molecule has 0 aliphatic heterocycles. The number of nitrogens with zero attached hydrogens (tertiary/aromatic N) is 3. The normalized spacial score (nSPS) is 9.48. The minimum absolute atomic E-state index is 0. The summed E-state index contributed by atoms with van der Waals surface area (Å²) in [7, 11) is 0. The lowest BCUT2D eigenvalue weighted by atomic mass is 10.2. The molecule has 0 saturated carbocycles. The zero-order valence-electron chi connectivity index (χ0n) is 11.6. The molecule has 1 aromatic carbocycles. The van der Waals surface area contributed by atoms with Crippen LogP contribution in [0.3, 0.4) is 0 Å². The Kier molecular flexibility index (Phi) is 6.81. The van der Waals surface area contributed by atoms with E-state index >= 15 is 0 Å². The highest BCUT2D eigenvalue weighted by Crippen LogP contribution is 2.19. The maximum Gasteiger partial charge on any atom is 0.161 e. The molecule has 0 amide bonds. The molecule has 0 atom stereocenters. The number of hydrogen-bond acceptors (Lipinski definition) is 4. The predicted molar refractivity (Wildman–Crippen MR) is 89.4 cm³/mol. The van der Waals surface area contributed by atoms with Crippen molar-refractivity contribution in [2.45, 2.75) is 0 Å². The van der Waals surface area contributed by atoms with E-state index in [2.05, 4.69) is 20.3 Å². The van der Waals surface area contributed by atoms with Gasteiger partial charge in [0.05, 0.1) is 0 Å². The van der Waals surface area contributed by atoms with Gasteiger partial charge in [0, 0.05) is 35.9 Å². The van der Waals surface area contributed by atoms with Gasteiger partial charge in [-0.25, -0.2) is 18.7 Å². The summed E-state index contributed by atoms with van der Waals surface area (Å²) in [5.74, 6) is -0.795. The Bertz CT molecular complexity index is 772. The minimum Gasteiger partial charge on any atom is -0.340 e. The lowest BCUT2D eigenvalue weighted by Crippen LogP contribution is -1.97. The van der Waals surface area contributed by atoms with Crippen LogP contribution in [-0.4, -0.2) is 15.0 Å². The van der Waals surface area contributed by atoms with Crippen LogP contribution in [0.2, 0.25) is 0 Å². The summed E-state index contributed by atoms with van der Waals surface area (Å²) < 4.78 is 26.1. The van der Waals surface area contributed by atoms with E-state index in [1.807, 2.05) is 0 Å². The molecular formula is C15H12Cl2F2N4. The molecule has 0 unspecified atom stereocenters. The molecule has 2 aromatic heterocycles. The fourth-order valence-corrected chi connectivity index (χ4v) is 1.79. The summed E-state index contributed by atoms with van der Waals surface area (Å²) in [6.45, 7) is 0. The second kappa shape index (κ2) is 8.36. The number of halogens is 4. The van der Waals surface area contributed by atoms with Crippen LogP contribution in [-0.2, 0) is 0 Å². The highest BCUT2D eigenvalue weighted by molar-refractivity contribution is 5.85. The van der Waals surface area contributed by atoms with Gasteiger partial charge in [0.25, 0.3) is 0 Å². The summed E-state index contributed by atoms with van der Waals surface area (Å²) in [4.78, 5) is 12.4. The number of aromatic nitrogens is 3. The highest BCUT2D eigenvalue weighted by Gasteiger charge is 2.05. The van der Waals surface area contributed by atoms with Crippen LogP contribution in [0.15, 0.2) is 55.0 Å². The molecule has 0 aliphatic rings. The van der Waals surface area contributed by atoms with Gasteiger partial charge in [-0.1, -0.05) is 0 Å². The van der Waals surface area contributed by atoms with Crippen LogP contribution >= 0.6 is 24.8 Å². The Balaban J connectivity index is 0.00000132. The van der Waals surface area contributed by atoms with Crippen molar-refractivity contribution < 1.29 is 8.78 Å². The maximum absolute atomic E-state index is 13.2. The second-order valence-electron chi connectivity index (χ2n) is 4.26. The summed E-state index contributed by atoms with van der Waals surface area (Å²) in [6, 6.07) is 8.79. The topological polar surface area (TPSA) is 50.7 Å². The van der Waals surface area contributed by atoms with Crippen LogP contribution in [0.1, 0.15) is 0 Å². The highest BCUT2D eigenvalue weighted by atomic mass is 35.5. The third-order valence-corrected chi connectivity index (χ3v) is 2.79. The van der Waals surface area contributed by atoms with Crippen molar-refractivity contribution in [1.82, 2.24) is 15.0 Å². The van der Waals surface area contributed by atoms with Crippen molar-refractivity contribution in [3.63, 3.8) is 0 Å². The van der Waals surface area contributed by atoms with E-state index in [-0.39, 0.29) is 24.8 Å². The lowest BCUT2D eigenvalue weighted by Gasteiger charge is -2.07. The minimum atomic E-state index is -0.914. The molecule has 0 bridgehead atoms. The van der Waals surface area contributed by atoms with Gasteiger partial charge in [-0.05, 0) is 30.3 Å². The molecule has 8 heteroatoms. The molecule has 0 aliphatic carbocycles. The first-order chi connectivity index (χ1) is 10.2. The molecule has 23 heavy (non-hydrogen) atoms. The zero-order chi connectivity index (χ0) is 14.7. The average molecular weight is 357 g/mol. The van der Waals surface area contributed by atoms with E-state index in [1.54, 1.807) is 36.8 Å². The van der Waals surface area contributed by atoms with Gasteiger partial charge in [0.1, 0.15) is 5.82 Å². The molecular weight excluding hydrogens is 345 g/mol. The van der Waals surface area contributed by atoms with E-state index in [4.69, 9.17) is 0 Å². The van der Waals surface area contributed by atoms with Crippen molar-refractivity contribution in [2.75, 3.05) is 5.32 Å². The Morgan fingerprint density at radius 1 is 0.826 bits per heavy atom. The Morgan fingerprint density at radius 3 is 2.26 bits per heavy atom. The van der Waals surface area contributed by atoms with E-state index in [9.17, 15) is 8.78 Å². The largest absolute Gasteiger partial charge is 0.340 e. The molecule has 3 rings (SSSR count). The second-order valence-corrected chi connectivity index (χ2v) is 4.26. The van der Waals surface area contributed by atoms with Gasteiger partial charge in [-0.3, -0.25) is 4.98 Å². The monoisotopic (exact) mass is 356 g/mol. The van der Waals surface area contributed by atoms with Crippen molar-refractivity contribution in [1.29, 1.82) is 0 Å². The number of hydrogen-bond donors (Lipinski definition) is 1. The van der Waals surface area contributed by atoms with Crippen LogP contribution in [0, 0.1) is 11.6 Å². The van der Waals surface area contributed by atoms with E-state index in [1.165, 1.54) is 6.07 Å². The van der Waals surface area contributed by atoms with E-state index in [0.717, 1.165) is 17.7 Å². The zero-order valence-corrected chi connectivity index (χ0v) is 13.2. The van der Waals surface area contributed by atoms with Crippen molar-refractivity contribution in [3.8, 4) is 11.4 Å². The number of nitrogens with one attached hydrogen (secondary N) is 1. The number of pyridine rings is 1. The maximum atomic E-state index is 13.2. The van der Waals surface area contributed by atoms with E-state index in [0.29, 0.717) is 17.3 Å². The Morgan fingerprint density at radius 2 is 1.57 bits per heavy atom. The summed E-state index contributed by atoms with van der Waals surface area (Å²) in [6.07, 6.45) is 4.88. The Hall–Kier alpha value is -2.31. The molecule has 0 saturated heterocycles. The lowest BCUT2D eigenvalue weighted by molar-refractivity contribution is 0.509. The van der Waals surface area contributed by atoms with Crippen LogP contribution in [0.4, 0.5) is 20.3 Å². The molecule has 0 radical (unpaired) electrons. The van der Waals surface area contributed by atoms with Crippen LogP contribution in [0.5, 0.6) is 0 Å².